The Morgan fingerprint density at radius 3 is 2.58 bits per heavy atom. The largest absolute Gasteiger partial charge is 0.384 e. The predicted octanol–water partition coefficient (Wildman–Crippen LogP) is 1.21. The van der Waals surface area contributed by atoms with E-state index in [4.69, 9.17) is 0 Å². The van der Waals surface area contributed by atoms with Crippen LogP contribution in [0.25, 0.3) is 11.3 Å². The van der Waals surface area contributed by atoms with E-state index in [1.807, 2.05) is 38.6 Å². The third-order valence-electron chi connectivity index (χ3n) is 3.97. The summed E-state index contributed by atoms with van der Waals surface area (Å²) in [7, 11) is 3.74. The molecule has 0 aliphatic carbocycles. The van der Waals surface area contributed by atoms with Crippen molar-refractivity contribution in [2.45, 2.75) is 19.1 Å². The molecule has 0 saturated heterocycles. The minimum atomic E-state index is -0.979. The number of nitrogens with zero attached hydrogens (tertiary/aromatic N) is 5. The van der Waals surface area contributed by atoms with Gasteiger partial charge in [0.05, 0.1) is 11.9 Å². The molecule has 3 heterocycles. The Balaban J connectivity index is 1.69. The summed E-state index contributed by atoms with van der Waals surface area (Å²) in [4.78, 5) is 4.05. The lowest BCUT2D eigenvalue weighted by atomic mass is 9.99. The number of aryl methyl sites for hydroxylation is 2. The van der Waals surface area contributed by atoms with Crippen LogP contribution in [0.15, 0.2) is 43.1 Å². The quantitative estimate of drug-likeness (QED) is 0.712. The molecule has 1 unspecified atom stereocenters. The summed E-state index contributed by atoms with van der Waals surface area (Å²) in [6.07, 6.45) is 9.02. The van der Waals surface area contributed by atoms with Crippen LogP contribution < -0.4 is 5.32 Å². The van der Waals surface area contributed by atoms with Gasteiger partial charge in [-0.15, -0.1) is 0 Å². The summed E-state index contributed by atoms with van der Waals surface area (Å²) in [5, 5.41) is 22.6. The molecule has 3 rings (SSSR count). The third kappa shape index (κ3) is 3.52. The van der Waals surface area contributed by atoms with Crippen molar-refractivity contribution >= 4 is 0 Å². The Morgan fingerprint density at radius 1 is 1.17 bits per heavy atom. The topological polar surface area (TPSA) is 80.8 Å². The standard InChI is InChI=1S/C17H22N6O/c1-17(24,15-9-20-22(2)11-15)12-19-8-14-10-23(3)21-16(14)13-4-6-18-7-5-13/h4-7,9-11,19,24H,8,12H2,1-3H3. The van der Waals surface area contributed by atoms with Crippen molar-refractivity contribution in [3.8, 4) is 11.3 Å². The molecule has 0 amide bonds. The summed E-state index contributed by atoms with van der Waals surface area (Å²) in [5.41, 5.74) is 2.84. The van der Waals surface area contributed by atoms with Crippen molar-refractivity contribution in [1.82, 2.24) is 29.9 Å². The van der Waals surface area contributed by atoms with Crippen LogP contribution in [0.5, 0.6) is 0 Å². The van der Waals surface area contributed by atoms with Crippen LogP contribution in [-0.2, 0) is 26.2 Å². The molecule has 3 aromatic rings. The van der Waals surface area contributed by atoms with Crippen molar-refractivity contribution in [3.05, 3.63) is 54.2 Å². The molecular weight excluding hydrogens is 304 g/mol. The molecule has 24 heavy (non-hydrogen) atoms. The van der Waals surface area contributed by atoms with Crippen molar-refractivity contribution in [3.63, 3.8) is 0 Å². The fourth-order valence-corrected chi connectivity index (χ4v) is 2.66. The minimum absolute atomic E-state index is 0.420. The van der Waals surface area contributed by atoms with Crippen molar-refractivity contribution in [2.24, 2.45) is 14.1 Å². The molecule has 0 fully saturated rings. The molecule has 0 aromatic carbocycles. The lowest BCUT2D eigenvalue weighted by molar-refractivity contribution is 0.0566. The highest BCUT2D eigenvalue weighted by Crippen LogP contribution is 2.22. The van der Waals surface area contributed by atoms with Gasteiger partial charge in [-0.3, -0.25) is 14.3 Å². The zero-order valence-corrected chi connectivity index (χ0v) is 14.1. The van der Waals surface area contributed by atoms with E-state index in [9.17, 15) is 5.11 Å². The molecular formula is C17H22N6O. The number of pyridine rings is 1. The van der Waals surface area contributed by atoms with Gasteiger partial charge in [0.2, 0.25) is 0 Å². The third-order valence-corrected chi connectivity index (χ3v) is 3.97. The molecule has 2 N–H and O–H groups in total. The SMILES string of the molecule is Cn1cc(C(C)(O)CNCc2cn(C)nc2-c2ccncc2)cn1. The maximum Gasteiger partial charge on any atom is 0.102 e. The highest BCUT2D eigenvalue weighted by Gasteiger charge is 2.24. The van der Waals surface area contributed by atoms with Gasteiger partial charge < -0.3 is 10.4 Å². The van der Waals surface area contributed by atoms with Crippen molar-refractivity contribution in [2.75, 3.05) is 6.54 Å². The van der Waals surface area contributed by atoms with E-state index in [0.29, 0.717) is 13.1 Å². The Hall–Kier alpha value is -2.51. The number of rotatable bonds is 6. The van der Waals surface area contributed by atoms with Gasteiger partial charge in [-0.2, -0.15) is 10.2 Å². The molecule has 126 valence electrons. The van der Waals surface area contributed by atoms with Gasteiger partial charge in [0, 0.05) is 68.7 Å². The normalized spacial score (nSPS) is 13.8. The lowest BCUT2D eigenvalue weighted by Crippen LogP contribution is -2.34. The lowest BCUT2D eigenvalue weighted by Gasteiger charge is -2.22. The van der Waals surface area contributed by atoms with Crippen LogP contribution in [0.2, 0.25) is 0 Å². The summed E-state index contributed by atoms with van der Waals surface area (Å²) in [5.74, 6) is 0. The first kappa shape index (κ1) is 16.4. The molecule has 1 atom stereocenters. The maximum atomic E-state index is 10.6. The molecule has 0 bridgehead atoms. The van der Waals surface area contributed by atoms with E-state index >= 15 is 0 Å². The molecule has 0 radical (unpaired) electrons. The predicted molar refractivity (Wildman–Crippen MR) is 90.9 cm³/mol. The fourth-order valence-electron chi connectivity index (χ4n) is 2.66. The number of hydrogen-bond acceptors (Lipinski definition) is 5. The first-order chi connectivity index (χ1) is 11.5. The van der Waals surface area contributed by atoms with E-state index in [1.54, 1.807) is 34.9 Å². The van der Waals surface area contributed by atoms with E-state index < -0.39 is 5.60 Å². The molecule has 0 aliphatic rings. The number of nitrogens with one attached hydrogen (secondary N) is 1. The van der Waals surface area contributed by atoms with Crippen LogP contribution >= 0.6 is 0 Å². The molecule has 0 saturated carbocycles. The Kier molecular flexibility index (Phi) is 4.46. The molecule has 7 heteroatoms. The van der Waals surface area contributed by atoms with Gasteiger partial charge in [-0.25, -0.2) is 0 Å². The number of aromatic nitrogens is 5. The van der Waals surface area contributed by atoms with Gasteiger partial charge in [0.25, 0.3) is 0 Å². The summed E-state index contributed by atoms with van der Waals surface area (Å²) >= 11 is 0. The van der Waals surface area contributed by atoms with Gasteiger partial charge in [-0.05, 0) is 19.1 Å². The second-order valence-electron chi connectivity index (χ2n) is 6.19. The first-order valence-corrected chi connectivity index (χ1v) is 7.81. The van der Waals surface area contributed by atoms with Crippen molar-refractivity contribution in [1.29, 1.82) is 0 Å². The molecule has 0 spiro atoms. The maximum absolute atomic E-state index is 10.6. The highest BCUT2D eigenvalue weighted by molar-refractivity contribution is 5.61. The monoisotopic (exact) mass is 326 g/mol. The molecule has 7 nitrogen and oxygen atoms in total. The van der Waals surface area contributed by atoms with Gasteiger partial charge in [0.15, 0.2) is 0 Å². The zero-order chi connectivity index (χ0) is 17.2. The van der Waals surface area contributed by atoms with Crippen LogP contribution in [-0.4, -0.2) is 36.2 Å². The Bertz CT molecular complexity index is 806. The summed E-state index contributed by atoms with van der Waals surface area (Å²) in [6.45, 7) is 2.81. The van der Waals surface area contributed by atoms with E-state index in [1.165, 1.54) is 0 Å². The van der Waals surface area contributed by atoms with Crippen LogP contribution in [0.1, 0.15) is 18.1 Å². The zero-order valence-electron chi connectivity index (χ0n) is 14.1. The van der Waals surface area contributed by atoms with E-state index in [-0.39, 0.29) is 0 Å². The number of hydrogen-bond donors (Lipinski definition) is 2. The smallest absolute Gasteiger partial charge is 0.102 e. The van der Waals surface area contributed by atoms with E-state index in [2.05, 4.69) is 20.5 Å². The summed E-state index contributed by atoms with van der Waals surface area (Å²) < 4.78 is 3.48. The average molecular weight is 326 g/mol. The van der Waals surface area contributed by atoms with Crippen molar-refractivity contribution < 1.29 is 5.11 Å². The average Bonchev–Trinajstić information content (AvgIpc) is 3.14. The van der Waals surface area contributed by atoms with Crippen LogP contribution in [0.4, 0.5) is 0 Å². The Morgan fingerprint density at radius 2 is 1.92 bits per heavy atom. The minimum Gasteiger partial charge on any atom is -0.384 e. The van der Waals surface area contributed by atoms with E-state index in [0.717, 1.165) is 22.4 Å². The fraction of sp³-hybridized carbons (Fsp3) is 0.353. The van der Waals surface area contributed by atoms with Crippen LogP contribution in [0, 0.1) is 0 Å². The van der Waals surface area contributed by atoms with Gasteiger partial charge >= 0.3 is 0 Å². The second-order valence-corrected chi connectivity index (χ2v) is 6.19. The molecule has 0 aliphatic heterocycles. The first-order valence-electron chi connectivity index (χ1n) is 7.81. The number of aliphatic hydroxyl groups is 1. The Labute approximate surface area is 141 Å². The van der Waals surface area contributed by atoms with Gasteiger partial charge in [-0.1, -0.05) is 0 Å². The van der Waals surface area contributed by atoms with Crippen LogP contribution in [0.3, 0.4) is 0 Å². The second kappa shape index (κ2) is 6.54. The summed E-state index contributed by atoms with van der Waals surface area (Å²) in [6, 6.07) is 3.88. The highest BCUT2D eigenvalue weighted by atomic mass is 16.3. The molecule has 3 aromatic heterocycles. The van der Waals surface area contributed by atoms with Gasteiger partial charge in [0.1, 0.15) is 5.60 Å².